The van der Waals surface area contributed by atoms with Crippen LogP contribution < -0.4 is 11.1 Å². The van der Waals surface area contributed by atoms with E-state index < -0.39 is 11.6 Å². The van der Waals surface area contributed by atoms with Crippen LogP contribution in [0.4, 0.5) is 8.78 Å². The third-order valence-electron chi connectivity index (χ3n) is 4.23. The summed E-state index contributed by atoms with van der Waals surface area (Å²) in [5, 5.41) is 2.84. The molecule has 0 radical (unpaired) electrons. The number of nitrogens with two attached hydrogens (primary N) is 1. The second kappa shape index (κ2) is 5.13. The normalized spacial score (nSPS) is 26.1. The van der Waals surface area contributed by atoms with E-state index in [2.05, 4.69) is 5.32 Å². The van der Waals surface area contributed by atoms with Gasteiger partial charge in [-0.1, -0.05) is 6.07 Å². The number of hydrogen-bond donors (Lipinski definition) is 2. The molecule has 0 heterocycles. The van der Waals surface area contributed by atoms with Gasteiger partial charge in [0.25, 0.3) is 0 Å². The molecule has 0 spiro atoms. The fourth-order valence-corrected chi connectivity index (χ4v) is 2.67. The molecule has 0 saturated heterocycles. The summed E-state index contributed by atoms with van der Waals surface area (Å²) < 4.78 is 26.5. The summed E-state index contributed by atoms with van der Waals surface area (Å²) in [7, 11) is 0. The predicted octanol–water partition coefficient (Wildman–Crippen LogP) is 1.92. The number of amides is 1. The number of benzene rings is 1. The quantitative estimate of drug-likeness (QED) is 0.866. The first-order chi connectivity index (χ1) is 9.56. The number of nitrogens with one attached hydrogen (secondary N) is 1. The van der Waals surface area contributed by atoms with Crippen LogP contribution in [0.3, 0.4) is 0 Å². The number of halogens is 2. The average molecular weight is 280 g/mol. The Hall–Kier alpha value is -1.49. The van der Waals surface area contributed by atoms with Gasteiger partial charge in [-0.3, -0.25) is 4.79 Å². The van der Waals surface area contributed by atoms with Crippen molar-refractivity contribution in [2.45, 2.75) is 31.2 Å². The van der Waals surface area contributed by atoms with E-state index in [1.807, 2.05) is 0 Å². The minimum absolute atomic E-state index is 0.0266. The molecule has 108 valence electrons. The summed E-state index contributed by atoms with van der Waals surface area (Å²) in [6.07, 6.45) is 2.90. The average Bonchev–Trinajstić information content (AvgIpc) is 3.26. The Balaban J connectivity index is 1.53. The molecule has 0 bridgehead atoms. The van der Waals surface area contributed by atoms with Crippen molar-refractivity contribution >= 4 is 5.91 Å². The summed E-state index contributed by atoms with van der Waals surface area (Å²) >= 11 is 0. The highest BCUT2D eigenvalue weighted by molar-refractivity contribution is 5.82. The first-order valence-electron chi connectivity index (χ1n) is 7.04. The van der Waals surface area contributed by atoms with Crippen LogP contribution in [0.1, 0.15) is 30.7 Å². The number of rotatable bonds is 5. The topological polar surface area (TPSA) is 55.1 Å². The number of carbonyl (C=O) groups excluding carboxylic acids is 1. The molecule has 0 aliphatic heterocycles. The van der Waals surface area contributed by atoms with Gasteiger partial charge in [0.15, 0.2) is 0 Å². The van der Waals surface area contributed by atoms with Crippen molar-refractivity contribution in [3.63, 3.8) is 0 Å². The summed E-state index contributed by atoms with van der Waals surface area (Å²) in [5.41, 5.74) is 6.35. The molecular formula is C15H18F2N2O. The zero-order chi connectivity index (χ0) is 14.3. The minimum atomic E-state index is -0.594. The predicted molar refractivity (Wildman–Crippen MR) is 70.9 cm³/mol. The molecule has 5 heteroatoms. The van der Waals surface area contributed by atoms with E-state index in [1.165, 1.54) is 12.1 Å². The molecule has 3 unspecified atom stereocenters. The Bertz CT molecular complexity index is 531. The van der Waals surface area contributed by atoms with Crippen molar-refractivity contribution in [1.29, 1.82) is 0 Å². The van der Waals surface area contributed by atoms with Crippen LogP contribution in [0.5, 0.6) is 0 Å². The van der Waals surface area contributed by atoms with Gasteiger partial charge < -0.3 is 11.1 Å². The van der Waals surface area contributed by atoms with E-state index in [-0.39, 0.29) is 23.8 Å². The second-order valence-electron chi connectivity index (χ2n) is 5.86. The van der Waals surface area contributed by atoms with Crippen LogP contribution >= 0.6 is 0 Å². The van der Waals surface area contributed by atoms with Crippen LogP contribution in [-0.2, 0) is 4.79 Å². The Morgan fingerprint density at radius 1 is 1.40 bits per heavy atom. The maximum absolute atomic E-state index is 13.6. The standard InChI is InChI=1S/C15H18F2N2O/c16-9-3-4-10(13(17)5-9)11-6-12(11)15(20)19-7-14(18)8-1-2-8/h3-5,8,11-12,14H,1-2,6-7,18H2,(H,19,20). The number of carbonyl (C=O) groups is 1. The van der Waals surface area contributed by atoms with Gasteiger partial charge in [0.2, 0.25) is 5.91 Å². The third kappa shape index (κ3) is 2.82. The molecule has 3 N–H and O–H groups in total. The summed E-state index contributed by atoms with van der Waals surface area (Å²) in [6, 6.07) is 3.55. The van der Waals surface area contributed by atoms with Gasteiger partial charge >= 0.3 is 0 Å². The van der Waals surface area contributed by atoms with Gasteiger partial charge in [-0.2, -0.15) is 0 Å². The summed E-state index contributed by atoms with van der Waals surface area (Å²) in [6.45, 7) is 0.485. The SMILES string of the molecule is NC(CNC(=O)C1CC1c1ccc(F)cc1F)C1CC1. The third-order valence-corrected chi connectivity index (χ3v) is 4.23. The lowest BCUT2D eigenvalue weighted by atomic mass is 10.1. The fourth-order valence-electron chi connectivity index (χ4n) is 2.67. The van der Waals surface area contributed by atoms with E-state index in [4.69, 9.17) is 5.73 Å². The van der Waals surface area contributed by atoms with Crippen LogP contribution in [0.25, 0.3) is 0 Å². The Morgan fingerprint density at radius 2 is 2.15 bits per heavy atom. The molecule has 0 aromatic heterocycles. The lowest BCUT2D eigenvalue weighted by molar-refractivity contribution is -0.122. The second-order valence-corrected chi connectivity index (χ2v) is 5.86. The molecule has 2 fully saturated rings. The highest BCUT2D eigenvalue weighted by atomic mass is 19.1. The molecule has 3 rings (SSSR count). The molecule has 2 aliphatic carbocycles. The minimum Gasteiger partial charge on any atom is -0.354 e. The summed E-state index contributed by atoms with van der Waals surface area (Å²) in [4.78, 5) is 12.0. The zero-order valence-electron chi connectivity index (χ0n) is 11.1. The van der Waals surface area contributed by atoms with Crippen molar-refractivity contribution in [1.82, 2.24) is 5.32 Å². The van der Waals surface area contributed by atoms with Crippen molar-refractivity contribution in [3.8, 4) is 0 Å². The van der Waals surface area contributed by atoms with E-state index in [1.54, 1.807) is 0 Å². The van der Waals surface area contributed by atoms with Gasteiger partial charge in [0.05, 0.1) is 0 Å². The van der Waals surface area contributed by atoms with E-state index in [0.29, 0.717) is 24.4 Å². The molecule has 3 atom stereocenters. The van der Waals surface area contributed by atoms with E-state index in [9.17, 15) is 13.6 Å². The first-order valence-corrected chi connectivity index (χ1v) is 7.04. The Kier molecular flexibility index (Phi) is 3.46. The van der Waals surface area contributed by atoms with Crippen molar-refractivity contribution in [3.05, 3.63) is 35.4 Å². The molecule has 2 saturated carbocycles. The Labute approximate surface area is 116 Å². The molecule has 2 aliphatic rings. The first kappa shape index (κ1) is 13.5. The van der Waals surface area contributed by atoms with E-state index >= 15 is 0 Å². The lowest BCUT2D eigenvalue weighted by Crippen LogP contribution is -2.39. The van der Waals surface area contributed by atoms with Crippen LogP contribution in [-0.4, -0.2) is 18.5 Å². The largest absolute Gasteiger partial charge is 0.354 e. The van der Waals surface area contributed by atoms with Crippen molar-refractivity contribution in [2.24, 2.45) is 17.6 Å². The Morgan fingerprint density at radius 3 is 2.80 bits per heavy atom. The lowest BCUT2D eigenvalue weighted by Gasteiger charge is -2.11. The highest BCUT2D eigenvalue weighted by Gasteiger charge is 2.45. The molecule has 3 nitrogen and oxygen atoms in total. The molecule has 1 aromatic carbocycles. The monoisotopic (exact) mass is 280 g/mol. The number of hydrogen-bond acceptors (Lipinski definition) is 2. The zero-order valence-corrected chi connectivity index (χ0v) is 11.1. The molecule has 1 aromatic rings. The van der Waals surface area contributed by atoms with Crippen molar-refractivity contribution < 1.29 is 13.6 Å². The van der Waals surface area contributed by atoms with Crippen LogP contribution in [0.2, 0.25) is 0 Å². The van der Waals surface area contributed by atoms with Gasteiger partial charge in [-0.25, -0.2) is 8.78 Å². The van der Waals surface area contributed by atoms with Gasteiger partial charge in [0.1, 0.15) is 11.6 Å². The maximum Gasteiger partial charge on any atom is 0.223 e. The van der Waals surface area contributed by atoms with Crippen LogP contribution in [0, 0.1) is 23.5 Å². The highest BCUT2D eigenvalue weighted by Crippen LogP contribution is 2.48. The maximum atomic E-state index is 13.6. The van der Waals surface area contributed by atoms with Gasteiger partial charge in [0, 0.05) is 24.6 Å². The van der Waals surface area contributed by atoms with Gasteiger partial charge in [-0.05, 0) is 42.7 Å². The molecule has 1 amide bonds. The van der Waals surface area contributed by atoms with Crippen LogP contribution in [0.15, 0.2) is 18.2 Å². The fraction of sp³-hybridized carbons (Fsp3) is 0.533. The van der Waals surface area contributed by atoms with Gasteiger partial charge in [-0.15, -0.1) is 0 Å². The molecular weight excluding hydrogens is 262 g/mol. The smallest absolute Gasteiger partial charge is 0.223 e. The van der Waals surface area contributed by atoms with E-state index in [0.717, 1.165) is 18.9 Å². The molecule has 20 heavy (non-hydrogen) atoms. The summed E-state index contributed by atoms with van der Waals surface area (Å²) in [5.74, 6) is -1.04. The van der Waals surface area contributed by atoms with Crippen molar-refractivity contribution in [2.75, 3.05) is 6.54 Å².